The lowest BCUT2D eigenvalue weighted by Gasteiger charge is -2.31. The van der Waals surface area contributed by atoms with E-state index < -0.39 is 41.3 Å². The van der Waals surface area contributed by atoms with Crippen LogP contribution in [0.2, 0.25) is 0 Å². The summed E-state index contributed by atoms with van der Waals surface area (Å²) in [6, 6.07) is 4.57. The average molecular weight is 411 g/mol. The van der Waals surface area contributed by atoms with E-state index in [9.17, 15) is 44.3 Å². The Balaban J connectivity index is 2.42. The van der Waals surface area contributed by atoms with Gasteiger partial charge in [0.2, 0.25) is 0 Å². The number of carbonyl (C=O) groups is 1. The first-order valence-corrected chi connectivity index (χ1v) is 7.09. The molecule has 4 nitrogen and oxygen atoms in total. The molecule has 1 heterocycles. The number of hydrogen-bond acceptors (Lipinski definition) is 3. The largest absolute Gasteiger partial charge is 0.492 e. The minimum absolute atomic E-state index is 0.0318. The molecule has 0 radical (unpaired) electrons. The predicted molar refractivity (Wildman–Crippen MR) is 71.0 cm³/mol. The zero-order chi connectivity index (χ0) is 20.9. The molecule has 27 heavy (non-hydrogen) atoms. The number of alkyl halides is 9. The lowest BCUT2D eigenvalue weighted by Crippen LogP contribution is -2.63. The zero-order valence-corrected chi connectivity index (χ0v) is 13.1. The van der Waals surface area contributed by atoms with Gasteiger partial charge in [0.25, 0.3) is 0 Å². The van der Waals surface area contributed by atoms with Gasteiger partial charge >= 0.3 is 35.6 Å². The molecule has 152 valence electrons. The maximum atomic E-state index is 14.1. The quantitative estimate of drug-likeness (QED) is 0.739. The number of halogens is 9. The third-order valence-corrected chi connectivity index (χ3v) is 3.56. The molecule has 1 fully saturated rings. The molecule has 1 aliphatic rings. The molecule has 1 aliphatic heterocycles. The van der Waals surface area contributed by atoms with Crippen LogP contribution in [0.4, 0.5) is 45.2 Å². The van der Waals surface area contributed by atoms with Crippen LogP contribution in [-0.2, 0) is 9.53 Å². The van der Waals surface area contributed by atoms with Gasteiger partial charge in [-0.15, -0.1) is 0 Å². The van der Waals surface area contributed by atoms with E-state index in [4.69, 9.17) is 4.74 Å². The molecule has 1 N–H and O–H groups in total. The number of ether oxygens (including phenoxy) is 2. The topological polar surface area (TPSA) is 47.6 Å². The summed E-state index contributed by atoms with van der Waals surface area (Å²) in [5.41, 5.74) is -0.576. The number of anilines is 1. The summed E-state index contributed by atoms with van der Waals surface area (Å²) in [7, 11) is 0. The maximum Gasteiger partial charge on any atom is 0.428 e. The molecule has 0 bridgehead atoms. The van der Waals surface area contributed by atoms with E-state index >= 15 is 0 Å². The van der Waals surface area contributed by atoms with Crippen molar-refractivity contribution >= 4 is 11.6 Å². The van der Waals surface area contributed by atoms with E-state index in [1.807, 2.05) is 0 Å². The van der Waals surface area contributed by atoms with Crippen LogP contribution in [0.5, 0.6) is 5.75 Å². The van der Waals surface area contributed by atoms with Crippen LogP contribution in [0.25, 0.3) is 0 Å². The average Bonchev–Trinajstić information content (AvgIpc) is 2.64. The standard InChI is InChI=1S/C14H10F9NO3/c1-2-26-8-6-4-3-5-7(8)24-9(25)10(15,16)13(21)11(17,18)12(19,20)14(22,23)27-13/h3-6H,2H2,1H3,(H,24,25)/t13-/m0/s1. The molecule has 1 aromatic rings. The number of carbonyl (C=O) groups excluding carboxylic acids is 1. The molecule has 0 saturated carbocycles. The number of rotatable bonds is 5. The second-order valence-electron chi connectivity index (χ2n) is 5.32. The van der Waals surface area contributed by atoms with Crippen molar-refractivity contribution < 1.29 is 53.8 Å². The molecule has 0 aromatic heterocycles. The molecule has 0 aliphatic carbocycles. The van der Waals surface area contributed by atoms with Gasteiger partial charge in [-0.2, -0.15) is 39.5 Å². The van der Waals surface area contributed by atoms with Crippen LogP contribution in [-0.4, -0.2) is 42.2 Å². The van der Waals surface area contributed by atoms with Gasteiger partial charge < -0.3 is 10.1 Å². The molecular formula is C14H10F9NO3. The highest BCUT2D eigenvalue weighted by atomic mass is 19.4. The molecule has 1 saturated heterocycles. The lowest BCUT2D eigenvalue weighted by atomic mass is 9.99. The van der Waals surface area contributed by atoms with E-state index in [2.05, 4.69) is 4.74 Å². The second kappa shape index (κ2) is 6.17. The van der Waals surface area contributed by atoms with Gasteiger partial charge in [-0.3, -0.25) is 9.53 Å². The molecule has 2 rings (SSSR count). The SMILES string of the molecule is CCOc1ccccc1NC(=O)C(F)(F)[C@]1(F)OC(F)(F)C(F)(F)C1(F)F. The van der Waals surface area contributed by atoms with Crippen LogP contribution in [0.3, 0.4) is 0 Å². The van der Waals surface area contributed by atoms with Crippen LogP contribution in [0, 0.1) is 0 Å². The fourth-order valence-corrected chi connectivity index (χ4v) is 2.15. The van der Waals surface area contributed by atoms with Crippen molar-refractivity contribution in [2.24, 2.45) is 0 Å². The fraction of sp³-hybridized carbons (Fsp3) is 0.500. The van der Waals surface area contributed by atoms with E-state index in [1.165, 1.54) is 24.4 Å². The fourth-order valence-electron chi connectivity index (χ4n) is 2.15. The highest BCUT2D eigenvalue weighted by Crippen LogP contribution is 2.64. The van der Waals surface area contributed by atoms with Crippen LogP contribution >= 0.6 is 0 Å². The molecule has 1 aromatic carbocycles. The van der Waals surface area contributed by atoms with Crippen molar-refractivity contribution in [2.45, 2.75) is 36.7 Å². The Hall–Kier alpha value is -2.18. The highest BCUT2D eigenvalue weighted by Gasteiger charge is 2.96. The third kappa shape index (κ3) is 2.78. The van der Waals surface area contributed by atoms with Crippen molar-refractivity contribution in [1.82, 2.24) is 0 Å². The van der Waals surface area contributed by atoms with Gasteiger partial charge in [0.15, 0.2) is 0 Å². The van der Waals surface area contributed by atoms with Gasteiger partial charge in [0, 0.05) is 0 Å². The zero-order valence-electron chi connectivity index (χ0n) is 13.1. The Morgan fingerprint density at radius 1 is 1.07 bits per heavy atom. The highest BCUT2D eigenvalue weighted by molar-refractivity contribution is 5.98. The van der Waals surface area contributed by atoms with E-state index in [0.717, 1.165) is 12.1 Å². The summed E-state index contributed by atoms with van der Waals surface area (Å²) >= 11 is 0. The molecule has 1 atom stereocenters. The first-order valence-electron chi connectivity index (χ1n) is 7.09. The summed E-state index contributed by atoms with van der Waals surface area (Å²) in [6.45, 7) is 1.43. The van der Waals surface area contributed by atoms with Crippen LogP contribution < -0.4 is 10.1 Å². The molecule has 0 spiro atoms. The minimum Gasteiger partial charge on any atom is -0.492 e. The van der Waals surface area contributed by atoms with E-state index in [-0.39, 0.29) is 12.4 Å². The van der Waals surface area contributed by atoms with Crippen molar-refractivity contribution in [2.75, 3.05) is 11.9 Å². The van der Waals surface area contributed by atoms with Crippen molar-refractivity contribution in [3.05, 3.63) is 24.3 Å². The van der Waals surface area contributed by atoms with Gasteiger partial charge in [-0.1, -0.05) is 12.1 Å². The summed E-state index contributed by atoms with van der Waals surface area (Å²) in [4.78, 5) is 11.6. The Bertz CT molecular complexity index is 740. The first-order chi connectivity index (χ1) is 12.2. The second-order valence-corrected chi connectivity index (χ2v) is 5.32. The summed E-state index contributed by atoms with van der Waals surface area (Å²) in [5, 5.41) is 1.27. The van der Waals surface area contributed by atoms with E-state index in [1.54, 1.807) is 0 Å². The monoisotopic (exact) mass is 411 g/mol. The molecule has 1 amide bonds. The summed E-state index contributed by atoms with van der Waals surface area (Å²) < 4.78 is 128. The Kier molecular flexibility index (Phi) is 4.83. The number of para-hydroxylation sites is 2. The van der Waals surface area contributed by atoms with E-state index in [0.29, 0.717) is 0 Å². The number of amides is 1. The van der Waals surface area contributed by atoms with Crippen LogP contribution in [0.15, 0.2) is 24.3 Å². The van der Waals surface area contributed by atoms with Gasteiger partial charge in [0.05, 0.1) is 12.3 Å². The Morgan fingerprint density at radius 3 is 2.11 bits per heavy atom. The van der Waals surface area contributed by atoms with Gasteiger partial charge in [-0.05, 0) is 19.1 Å². The maximum absolute atomic E-state index is 14.1. The minimum atomic E-state index is -6.73. The van der Waals surface area contributed by atoms with Crippen LogP contribution in [0.1, 0.15) is 6.92 Å². The lowest BCUT2D eigenvalue weighted by molar-refractivity contribution is -0.366. The number of nitrogens with one attached hydrogen (secondary N) is 1. The molecular weight excluding hydrogens is 401 g/mol. The van der Waals surface area contributed by atoms with Crippen molar-refractivity contribution in [1.29, 1.82) is 0 Å². The normalized spacial score (nSPS) is 25.9. The summed E-state index contributed by atoms with van der Waals surface area (Å²) in [5.74, 6) is -29.0. The van der Waals surface area contributed by atoms with Crippen molar-refractivity contribution in [3.63, 3.8) is 0 Å². The summed E-state index contributed by atoms with van der Waals surface area (Å²) in [6.07, 6.45) is -6.29. The Labute approximate surface area is 145 Å². The number of benzene rings is 1. The number of hydrogen-bond donors (Lipinski definition) is 1. The van der Waals surface area contributed by atoms with Gasteiger partial charge in [-0.25, -0.2) is 0 Å². The first kappa shape index (κ1) is 21.1. The smallest absolute Gasteiger partial charge is 0.428 e. The van der Waals surface area contributed by atoms with Gasteiger partial charge in [0.1, 0.15) is 5.75 Å². The third-order valence-electron chi connectivity index (χ3n) is 3.56. The predicted octanol–water partition coefficient (Wildman–Crippen LogP) is 4.22. The van der Waals surface area contributed by atoms with Crippen molar-refractivity contribution in [3.8, 4) is 5.75 Å². The molecule has 0 unspecified atom stereocenters. The molecule has 13 heteroatoms. The Morgan fingerprint density at radius 2 is 1.63 bits per heavy atom.